The van der Waals surface area contributed by atoms with Crippen LogP contribution in [0.3, 0.4) is 0 Å². The molecule has 0 atom stereocenters. The molecule has 0 bridgehead atoms. The molecule has 0 spiro atoms. The largest absolute Gasteiger partial charge is 0.368 e. The van der Waals surface area contributed by atoms with E-state index in [4.69, 9.17) is 17.2 Å². The molecule has 1 heterocycles. The Balaban J connectivity index is 0.000000810. The summed E-state index contributed by atoms with van der Waals surface area (Å²) in [5, 5.41) is 0. The van der Waals surface area contributed by atoms with Crippen molar-refractivity contribution in [2.24, 2.45) is 0 Å². The minimum Gasteiger partial charge on any atom is -0.368 e. The van der Waals surface area contributed by atoms with Crippen molar-refractivity contribution in [1.29, 1.82) is 0 Å². The highest BCUT2D eigenvalue weighted by Gasteiger charge is 1.93. The Kier molecular flexibility index (Phi) is 2.68. The molecule has 0 aliphatic heterocycles. The Morgan fingerprint density at radius 2 is 0.900 bits per heavy atom. The summed E-state index contributed by atoms with van der Waals surface area (Å²) in [7, 11) is 0. The van der Waals surface area contributed by atoms with Crippen LogP contribution >= 0.6 is 13.5 Å². The van der Waals surface area contributed by atoms with Gasteiger partial charge >= 0.3 is 0 Å². The molecule has 0 aliphatic carbocycles. The summed E-state index contributed by atoms with van der Waals surface area (Å²) in [5.41, 5.74) is 15.4. The second-order valence-electron chi connectivity index (χ2n) is 1.41. The lowest BCUT2D eigenvalue weighted by Crippen LogP contribution is -2.05. The lowest BCUT2D eigenvalue weighted by Gasteiger charge is -1.93. The van der Waals surface area contributed by atoms with E-state index in [9.17, 15) is 0 Å². The third-order valence-electron chi connectivity index (χ3n) is 0.687. The van der Waals surface area contributed by atoms with Crippen LogP contribution in [-0.4, -0.2) is 15.0 Å². The van der Waals surface area contributed by atoms with E-state index in [1.807, 2.05) is 0 Å². The van der Waals surface area contributed by atoms with E-state index in [1.165, 1.54) is 0 Å². The molecule has 6 nitrogen and oxygen atoms in total. The monoisotopic (exact) mass is 160 g/mol. The number of nitrogen functional groups attached to an aromatic ring is 3. The summed E-state index contributed by atoms with van der Waals surface area (Å²) in [6, 6.07) is 0. The van der Waals surface area contributed by atoms with Crippen molar-refractivity contribution >= 4 is 31.3 Å². The van der Waals surface area contributed by atoms with Gasteiger partial charge in [-0.2, -0.15) is 28.4 Å². The van der Waals surface area contributed by atoms with E-state index in [0.29, 0.717) is 0 Å². The zero-order valence-electron chi connectivity index (χ0n) is 5.07. The molecule has 0 saturated carbocycles. The maximum atomic E-state index is 5.14. The van der Waals surface area contributed by atoms with Crippen molar-refractivity contribution in [3.05, 3.63) is 0 Å². The Hall–Kier alpha value is -1.24. The molecule has 10 heavy (non-hydrogen) atoms. The van der Waals surface area contributed by atoms with Crippen LogP contribution in [0.25, 0.3) is 0 Å². The minimum absolute atomic E-state index is 0. The van der Waals surface area contributed by atoms with Gasteiger partial charge in [-0.3, -0.25) is 0 Å². The molecule has 0 aromatic carbocycles. The molecule has 1 aromatic rings. The molecule has 0 amide bonds. The number of nitrogens with zero attached hydrogens (tertiary/aromatic N) is 3. The molecule has 56 valence electrons. The van der Waals surface area contributed by atoms with Gasteiger partial charge in [0.15, 0.2) is 0 Å². The zero-order chi connectivity index (χ0) is 6.85. The van der Waals surface area contributed by atoms with Gasteiger partial charge in [-0.15, -0.1) is 0 Å². The quantitative estimate of drug-likeness (QED) is 0.435. The third-order valence-corrected chi connectivity index (χ3v) is 0.687. The van der Waals surface area contributed by atoms with Crippen molar-refractivity contribution in [3.63, 3.8) is 0 Å². The topological polar surface area (TPSA) is 117 Å². The summed E-state index contributed by atoms with van der Waals surface area (Å²) in [4.78, 5) is 10.5. The standard InChI is InChI=1S/C3H6N6.H2S/c4-1-7-2(5)9-3(6)8-1;/h(H6,4,5,6,7,8,9);1H2. The van der Waals surface area contributed by atoms with E-state index >= 15 is 0 Å². The highest BCUT2D eigenvalue weighted by atomic mass is 32.1. The Labute approximate surface area is 64.3 Å². The molecular formula is C3H8N6S. The van der Waals surface area contributed by atoms with Crippen LogP contribution < -0.4 is 17.2 Å². The Bertz CT molecular complexity index is 174. The minimum atomic E-state index is 0. The van der Waals surface area contributed by atoms with Gasteiger partial charge in [0.25, 0.3) is 0 Å². The number of aromatic nitrogens is 3. The summed E-state index contributed by atoms with van der Waals surface area (Å²) in [6.07, 6.45) is 0. The molecule has 6 N–H and O–H groups in total. The normalized spacial score (nSPS) is 8.40. The lowest BCUT2D eigenvalue weighted by molar-refractivity contribution is 1.09. The van der Waals surface area contributed by atoms with Crippen molar-refractivity contribution in [2.45, 2.75) is 0 Å². The maximum absolute atomic E-state index is 5.14. The summed E-state index contributed by atoms with van der Waals surface area (Å²) < 4.78 is 0. The second-order valence-corrected chi connectivity index (χ2v) is 1.41. The van der Waals surface area contributed by atoms with Crippen LogP contribution in [0.4, 0.5) is 17.8 Å². The molecular weight excluding hydrogens is 152 g/mol. The molecule has 0 unspecified atom stereocenters. The molecule has 7 heteroatoms. The maximum Gasteiger partial charge on any atom is 0.226 e. The first-order valence-electron chi connectivity index (χ1n) is 2.21. The number of anilines is 3. The van der Waals surface area contributed by atoms with E-state index < -0.39 is 0 Å². The van der Waals surface area contributed by atoms with Crippen molar-refractivity contribution in [1.82, 2.24) is 15.0 Å². The van der Waals surface area contributed by atoms with Crippen molar-refractivity contribution in [3.8, 4) is 0 Å². The Morgan fingerprint density at radius 3 is 1.10 bits per heavy atom. The molecule has 0 fully saturated rings. The highest BCUT2D eigenvalue weighted by Crippen LogP contribution is 1.97. The average molecular weight is 160 g/mol. The number of rotatable bonds is 0. The van der Waals surface area contributed by atoms with Gasteiger partial charge in [-0.25, -0.2) is 0 Å². The van der Waals surface area contributed by atoms with E-state index in [0.717, 1.165) is 0 Å². The van der Waals surface area contributed by atoms with Crippen molar-refractivity contribution < 1.29 is 0 Å². The zero-order valence-corrected chi connectivity index (χ0v) is 6.07. The van der Waals surface area contributed by atoms with Gasteiger partial charge in [-0.05, 0) is 0 Å². The fraction of sp³-hybridized carbons (Fsp3) is 0. The van der Waals surface area contributed by atoms with Crippen LogP contribution in [0, 0.1) is 0 Å². The van der Waals surface area contributed by atoms with Crippen LogP contribution in [-0.2, 0) is 0 Å². The van der Waals surface area contributed by atoms with Gasteiger partial charge in [0, 0.05) is 0 Å². The summed E-state index contributed by atoms with van der Waals surface area (Å²) in [6.45, 7) is 0. The number of hydrogen-bond acceptors (Lipinski definition) is 6. The summed E-state index contributed by atoms with van der Waals surface area (Å²) >= 11 is 0. The first-order valence-corrected chi connectivity index (χ1v) is 2.21. The summed E-state index contributed by atoms with van der Waals surface area (Å²) in [5.74, 6) is 0.125. The predicted octanol–water partition coefficient (Wildman–Crippen LogP) is -1.27. The first-order chi connectivity index (χ1) is 4.18. The SMILES string of the molecule is Nc1nc(N)nc(N)n1.S. The molecule has 1 rings (SSSR count). The average Bonchev–Trinajstić information content (AvgIpc) is 1.59. The van der Waals surface area contributed by atoms with E-state index in [2.05, 4.69) is 15.0 Å². The second kappa shape index (κ2) is 3.06. The van der Waals surface area contributed by atoms with E-state index in [1.54, 1.807) is 0 Å². The van der Waals surface area contributed by atoms with Gasteiger partial charge in [-0.1, -0.05) is 0 Å². The van der Waals surface area contributed by atoms with Gasteiger partial charge < -0.3 is 17.2 Å². The predicted molar refractivity (Wildman–Crippen MR) is 43.4 cm³/mol. The fourth-order valence-electron chi connectivity index (χ4n) is 0.427. The molecule has 0 radical (unpaired) electrons. The number of nitrogens with two attached hydrogens (primary N) is 3. The van der Waals surface area contributed by atoms with Crippen LogP contribution in [0.2, 0.25) is 0 Å². The smallest absolute Gasteiger partial charge is 0.226 e. The van der Waals surface area contributed by atoms with Crippen LogP contribution in [0.1, 0.15) is 0 Å². The lowest BCUT2D eigenvalue weighted by atomic mass is 10.9. The Morgan fingerprint density at radius 1 is 0.700 bits per heavy atom. The first kappa shape index (κ1) is 8.76. The van der Waals surface area contributed by atoms with E-state index in [-0.39, 0.29) is 31.3 Å². The molecule has 0 saturated heterocycles. The van der Waals surface area contributed by atoms with Gasteiger partial charge in [0.2, 0.25) is 17.8 Å². The molecule has 0 aliphatic rings. The number of hydrogen-bond donors (Lipinski definition) is 3. The van der Waals surface area contributed by atoms with Crippen molar-refractivity contribution in [2.75, 3.05) is 17.2 Å². The van der Waals surface area contributed by atoms with Gasteiger partial charge in [0.1, 0.15) is 0 Å². The van der Waals surface area contributed by atoms with Crippen LogP contribution in [0.5, 0.6) is 0 Å². The highest BCUT2D eigenvalue weighted by molar-refractivity contribution is 7.59. The molecule has 1 aromatic heterocycles. The van der Waals surface area contributed by atoms with Crippen LogP contribution in [0.15, 0.2) is 0 Å². The van der Waals surface area contributed by atoms with Gasteiger partial charge in [0.05, 0.1) is 0 Å². The fourth-order valence-corrected chi connectivity index (χ4v) is 0.427. The third kappa shape index (κ3) is 1.94.